The maximum absolute atomic E-state index is 2.43. The van der Waals surface area contributed by atoms with Crippen LogP contribution in [0.1, 0.15) is 0 Å². The number of hydrogen-bond acceptors (Lipinski definition) is 0. The van der Waals surface area contributed by atoms with Crippen molar-refractivity contribution in [3.8, 4) is 27.9 Å². The van der Waals surface area contributed by atoms with Crippen LogP contribution < -0.4 is 0 Å². The number of aromatic nitrogens is 1. The van der Waals surface area contributed by atoms with Gasteiger partial charge in [-0.05, 0) is 84.9 Å². The lowest BCUT2D eigenvalue weighted by Crippen LogP contribution is -1.94. The highest BCUT2D eigenvalue weighted by Gasteiger charge is 2.19. The fourth-order valence-electron chi connectivity index (χ4n) is 7.07. The Labute approximate surface area is 249 Å². The van der Waals surface area contributed by atoms with Gasteiger partial charge in [-0.15, -0.1) is 0 Å². The summed E-state index contributed by atoms with van der Waals surface area (Å²) in [5.74, 6) is 0. The summed E-state index contributed by atoms with van der Waals surface area (Å²) in [4.78, 5) is 0. The van der Waals surface area contributed by atoms with E-state index in [0.717, 1.165) is 0 Å². The van der Waals surface area contributed by atoms with Crippen molar-refractivity contribution in [3.05, 3.63) is 164 Å². The SMILES string of the molecule is c1ccc(-c2c3ccccc3c(-c3ccc4c5cc6ccccc6cc5n(-c5ccccc5)c4c3)c3ccccc23)cc1. The van der Waals surface area contributed by atoms with Gasteiger partial charge in [-0.25, -0.2) is 0 Å². The van der Waals surface area contributed by atoms with Gasteiger partial charge in [0.15, 0.2) is 0 Å². The van der Waals surface area contributed by atoms with Crippen LogP contribution in [0.5, 0.6) is 0 Å². The van der Waals surface area contributed by atoms with E-state index in [1.807, 2.05) is 0 Å². The lowest BCUT2D eigenvalue weighted by molar-refractivity contribution is 1.18. The zero-order chi connectivity index (χ0) is 28.3. The molecule has 0 radical (unpaired) electrons. The molecule has 0 atom stereocenters. The predicted octanol–water partition coefficient (Wildman–Crippen LogP) is 11.6. The van der Waals surface area contributed by atoms with Crippen molar-refractivity contribution in [1.82, 2.24) is 4.57 Å². The molecule has 0 bridgehead atoms. The summed E-state index contributed by atoms with van der Waals surface area (Å²) in [6.07, 6.45) is 0. The van der Waals surface area contributed by atoms with Crippen molar-refractivity contribution in [2.45, 2.75) is 0 Å². The Morgan fingerprint density at radius 1 is 0.302 bits per heavy atom. The van der Waals surface area contributed by atoms with Gasteiger partial charge in [-0.3, -0.25) is 0 Å². The zero-order valence-corrected chi connectivity index (χ0v) is 23.5. The van der Waals surface area contributed by atoms with Gasteiger partial charge >= 0.3 is 0 Å². The summed E-state index contributed by atoms with van der Waals surface area (Å²) < 4.78 is 2.43. The summed E-state index contributed by atoms with van der Waals surface area (Å²) >= 11 is 0. The van der Waals surface area contributed by atoms with Crippen molar-refractivity contribution < 1.29 is 0 Å². The van der Waals surface area contributed by atoms with Crippen LogP contribution in [0.15, 0.2) is 164 Å². The van der Waals surface area contributed by atoms with Gasteiger partial charge < -0.3 is 4.57 Å². The van der Waals surface area contributed by atoms with Crippen LogP contribution in [0.3, 0.4) is 0 Å². The Morgan fingerprint density at radius 2 is 0.791 bits per heavy atom. The molecule has 1 heteroatoms. The minimum Gasteiger partial charge on any atom is -0.309 e. The topological polar surface area (TPSA) is 4.93 Å². The molecular weight excluding hydrogens is 518 g/mol. The van der Waals surface area contributed by atoms with Crippen LogP contribution in [-0.2, 0) is 0 Å². The van der Waals surface area contributed by atoms with E-state index >= 15 is 0 Å². The van der Waals surface area contributed by atoms with Gasteiger partial charge in [0.1, 0.15) is 0 Å². The molecule has 1 nitrogen and oxygen atoms in total. The number of para-hydroxylation sites is 1. The summed E-state index contributed by atoms with van der Waals surface area (Å²) in [5.41, 5.74) is 8.66. The molecule has 0 aliphatic heterocycles. The molecule has 43 heavy (non-hydrogen) atoms. The van der Waals surface area contributed by atoms with Crippen molar-refractivity contribution >= 4 is 54.1 Å². The number of hydrogen-bond donors (Lipinski definition) is 0. The van der Waals surface area contributed by atoms with E-state index in [1.165, 1.54) is 82.1 Å². The highest BCUT2D eigenvalue weighted by molar-refractivity contribution is 6.22. The van der Waals surface area contributed by atoms with E-state index < -0.39 is 0 Å². The molecule has 9 aromatic rings. The first-order valence-corrected chi connectivity index (χ1v) is 14.9. The minimum atomic E-state index is 1.17. The van der Waals surface area contributed by atoms with Crippen LogP contribution in [0.4, 0.5) is 0 Å². The first-order chi connectivity index (χ1) is 21.3. The van der Waals surface area contributed by atoms with Gasteiger partial charge in [-0.2, -0.15) is 0 Å². The van der Waals surface area contributed by atoms with Crippen molar-refractivity contribution in [2.24, 2.45) is 0 Å². The molecule has 0 unspecified atom stereocenters. The van der Waals surface area contributed by atoms with Crippen LogP contribution in [-0.4, -0.2) is 4.57 Å². The van der Waals surface area contributed by atoms with Crippen molar-refractivity contribution in [1.29, 1.82) is 0 Å². The van der Waals surface area contributed by atoms with E-state index in [1.54, 1.807) is 0 Å². The van der Waals surface area contributed by atoms with Crippen LogP contribution >= 0.6 is 0 Å². The Balaban J connectivity index is 1.41. The zero-order valence-electron chi connectivity index (χ0n) is 23.5. The summed E-state index contributed by atoms with van der Waals surface area (Å²) in [7, 11) is 0. The quantitative estimate of drug-likeness (QED) is 0.195. The fourth-order valence-corrected chi connectivity index (χ4v) is 7.07. The Bertz CT molecular complexity index is 2430. The molecule has 0 saturated heterocycles. The molecule has 1 aromatic heterocycles. The molecular formula is C42H27N. The second-order valence-corrected chi connectivity index (χ2v) is 11.3. The molecule has 1 heterocycles. The molecule has 0 aliphatic rings. The van der Waals surface area contributed by atoms with Gasteiger partial charge in [0.25, 0.3) is 0 Å². The molecule has 0 aliphatic carbocycles. The van der Waals surface area contributed by atoms with Gasteiger partial charge in [-0.1, -0.05) is 133 Å². The van der Waals surface area contributed by atoms with E-state index in [0.29, 0.717) is 0 Å². The summed E-state index contributed by atoms with van der Waals surface area (Å²) in [6.45, 7) is 0. The molecule has 200 valence electrons. The van der Waals surface area contributed by atoms with Crippen LogP contribution in [0, 0.1) is 0 Å². The van der Waals surface area contributed by atoms with E-state index in [-0.39, 0.29) is 0 Å². The van der Waals surface area contributed by atoms with Gasteiger partial charge in [0.2, 0.25) is 0 Å². The average Bonchev–Trinajstić information content (AvgIpc) is 3.39. The lowest BCUT2D eigenvalue weighted by atomic mass is 9.86. The third-order valence-corrected chi connectivity index (χ3v) is 8.93. The van der Waals surface area contributed by atoms with E-state index in [9.17, 15) is 0 Å². The fraction of sp³-hybridized carbons (Fsp3) is 0. The molecule has 0 fully saturated rings. The van der Waals surface area contributed by atoms with Gasteiger partial charge in [0, 0.05) is 16.5 Å². The highest BCUT2D eigenvalue weighted by atomic mass is 15.0. The van der Waals surface area contributed by atoms with Crippen molar-refractivity contribution in [2.75, 3.05) is 0 Å². The number of benzene rings is 8. The second kappa shape index (κ2) is 9.44. The standard InChI is InChI=1S/C42H27N/c1-3-13-28(14-4-1)41-34-19-9-11-21-36(34)42(37-22-12-10-20-35(37)41)31-23-24-33-38-25-29-15-7-8-16-30(29)26-40(38)43(39(33)27-31)32-17-5-2-6-18-32/h1-27H. The maximum Gasteiger partial charge on any atom is 0.0547 e. The lowest BCUT2D eigenvalue weighted by Gasteiger charge is -2.18. The first-order valence-electron chi connectivity index (χ1n) is 14.9. The molecule has 8 aromatic carbocycles. The van der Waals surface area contributed by atoms with Crippen LogP contribution in [0.2, 0.25) is 0 Å². The number of nitrogens with zero attached hydrogens (tertiary/aromatic N) is 1. The normalized spacial score (nSPS) is 11.7. The Kier molecular flexibility index (Phi) is 5.27. The number of fused-ring (bicyclic) bond motifs is 6. The maximum atomic E-state index is 2.43. The second-order valence-electron chi connectivity index (χ2n) is 11.3. The Hall–Kier alpha value is -5.66. The smallest absolute Gasteiger partial charge is 0.0547 e. The summed E-state index contributed by atoms with van der Waals surface area (Å²) in [6, 6.07) is 59.8. The van der Waals surface area contributed by atoms with Gasteiger partial charge in [0.05, 0.1) is 11.0 Å². The monoisotopic (exact) mass is 545 g/mol. The third-order valence-electron chi connectivity index (χ3n) is 8.93. The largest absolute Gasteiger partial charge is 0.309 e. The average molecular weight is 546 g/mol. The highest BCUT2D eigenvalue weighted by Crippen LogP contribution is 2.45. The molecule has 0 spiro atoms. The van der Waals surface area contributed by atoms with E-state index in [2.05, 4.69) is 168 Å². The molecule has 9 rings (SSSR count). The predicted molar refractivity (Wildman–Crippen MR) is 184 cm³/mol. The van der Waals surface area contributed by atoms with E-state index in [4.69, 9.17) is 0 Å². The number of rotatable bonds is 3. The molecule has 0 N–H and O–H groups in total. The first kappa shape index (κ1) is 24.0. The molecule has 0 saturated carbocycles. The summed E-state index contributed by atoms with van der Waals surface area (Å²) in [5, 5.41) is 10.2. The van der Waals surface area contributed by atoms with Crippen LogP contribution in [0.25, 0.3) is 82.1 Å². The molecule has 0 amide bonds. The third kappa shape index (κ3) is 3.65. The Morgan fingerprint density at radius 3 is 1.42 bits per heavy atom. The minimum absolute atomic E-state index is 1.17. The van der Waals surface area contributed by atoms with Crippen molar-refractivity contribution in [3.63, 3.8) is 0 Å².